The molecule has 0 aliphatic carbocycles. The van der Waals surface area contributed by atoms with Crippen molar-refractivity contribution in [2.24, 2.45) is 4.99 Å². The van der Waals surface area contributed by atoms with Gasteiger partial charge in [0.2, 0.25) is 5.95 Å². The maximum absolute atomic E-state index is 13.8. The SMILES string of the molecule is C=Nc1[nH]cc(Cc2ccc(N)nc2F)c1C=C(C)C. The number of allylic oxidation sites excluding steroid dienone is 1. The summed E-state index contributed by atoms with van der Waals surface area (Å²) in [5.74, 6) is 0.325. The van der Waals surface area contributed by atoms with E-state index in [1.807, 2.05) is 26.1 Å². The predicted octanol–water partition coefficient (Wildman–Crippen LogP) is 3.48. The fourth-order valence-corrected chi connectivity index (χ4v) is 2.00. The van der Waals surface area contributed by atoms with E-state index in [1.165, 1.54) is 0 Å². The number of hydrogen-bond acceptors (Lipinski definition) is 3. The van der Waals surface area contributed by atoms with Crippen LogP contribution in [-0.4, -0.2) is 16.7 Å². The van der Waals surface area contributed by atoms with Gasteiger partial charge in [0.1, 0.15) is 11.6 Å². The highest BCUT2D eigenvalue weighted by atomic mass is 19.1. The maximum Gasteiger partial charge on any atom is 0.218 e. The molecule has 0 saturated carbocycles. The van der Waals surface area contributed by atoms with Crippen LogP contribution in [0.3, 0.4) is 0 Å². The molecular formula is C15H17FN4. The Bertz CT molecular complexity index is 667. The van der Waals surface area contributed by atoms with Crippen LogP contribution in [-0.2, 0) is 6.42 Å². The summed E-state index contributed by atoms with van der Waals surface area (Å²) in [7, 11) is 0. The molecule has 2 rings (SSSR count). The number of nitrogens with one attached hydrogen (secondary N) is 1. The van der Waals surface area contributed by atoms with Crippen molar-refractivity contribution < 1.29 is 4.39 Å². The Morgan fingerprint density at radius 2 is 2.20 bits per heavy atom. The van der Waals surface area contributed by atoms with Gasteiger partial charge in [-0.1, -0.05) is 17.7 Å². The van der Waals surface area contributed by atoms with Crippen LogP contribution in [0, 0.1) is 5.95 Å². The molecule has 0 atom stereocenters. The first-order valence-corrected chi connectivity index (χ1v) is 6.24. The standard InChI is InChI=1S/C15H17FN4/c1-9(2)6-12-11(8-19-15(12)18-3)7-10-4-5-13(17)20-14(10)16/h4-6,8,19H,3,7H2,1-2H3,(H2,17,20). The third-order valence-electron chi connectivity index (χ3n) is 2.90. The molecule has 104 valence electrons. The van der Waals surface area contributed by atoms with Crippen LogP contribution < -0.4 is 5.73 Å². The van der Waals surface area contributed by atoms with E-state index in [0.717, 1.165) is 16.7 Å². The zero-order chi connectivity index (χ0) is 14.7. The molecule has 0 aromatic carbocycles. The van der Waals surface area contributed by atoms with Crippen LogP contribution in [0.25, 0.3) is 6.08 Å². The lowest BCUT2D eigenvalue weighted by Gasteiger charge is -2.04. The molecule has 2 aromatic heterocycles. The van der Waals surface area contributed by atoms with Crippen molar-refractivity contribution in [3.63, 3.8) is 0 Å². The van der Waals surface area contributed by atoms with E-state index in [2.05, 4.69) is 21.7 Å². The molecule has 0 radical (unpaired) electrons. The maximum atomic E-state index is 13.8. The lowest BCUT2D eigenvalue weighted by atomic mass is 10.0. The number of aromatic amines is 1. The molecule has 0 aliphatic rings. The molecule has 0 aliphatic heterocycles. The van der Waals surface area contributed by atoms with Crippen molar-refractivity contribution in [3.05, 3.63) is 46.5 Å². The summed E-state index contributed by atoms with van der Waals surface area (Å²) in [5.41, 5.74) is 8.95. The first-order chi connectivity index (χ1) is 9.51. The molecule has 5 heteroatoms. The van der Waals surface area contributed by atoms with Crippen molar-refractivity contribution in [2.45, 2.75) is 20.3 Å². The summed E-state index contributed by atoms with van der Waals surface area (Å²) in [6.07, 6.45) is 4.23. The van der Waals surface area contributed by atoms with E-state index in [-0.39, 0.29) is 5.82 Å². The van der Waals surface area contributed by atoms with Gasteiger partial charge < -0.3 is 10.7 Å². The van der Waals surface area contributed by atoms with Gasteiger partial charge in [-0.05, 0) is 32.2 Å². The van der Waals surface area contributed by atoms with Crippen LogP contribution >= 0.6 is 0 Å². The molecular weight excluding hydrogens is 255 g/mol. The summed E-state index contributed by atoms with van der Waals surface area (Å²) < 4.78 is 13.8. The van der Waals surface area contributed by atoms with E-state index >= 15 is 0 Å². The summed E-state index contributed by atoms with van der Waals surface area (Å²) >= 11 is 0. The Hall–Kier alpha value is -2.43. The molecule has 2 heterocycles. The zero-order valence-corrected chi connectivity index (χ0v) is 11.6. The fraction of sp³-hybridized carbons (Fsp3) is 0.200. The second-order valence-electron chi connectivity index (χ2n) is 4.82. The average molecular weight is 272 g/mol. The topological polar surface area (TPSA) is 67.1 Å². The summed E-state index contributed by atoms with van der Waals surface area (Å²) in [5, 5.41) is 0. The molecule has 0 bridgehead atoms. The summed E-state index contributed by atoms with van der Waals surface area (Å²) in [6, 6.07) is 3.25. The Labute approximate surface area is 117 Å². The van der Waals surface area contributed by atoms with Gasteiger partial charge in [0.25, 0.3) is 0 Å². The lowest BCUT2D eigenvalue weighted by Crippen LogP contribution is -1.99. The third-order valence-corrected chi connectivity index (χ3v) is 2.90. The minimum atomic E-state index is -0.539. The number of nitrogens with two attached hydrogens (primary N) is 1. The number of nitrogen functional groups attached to an aromatic ring is 1. The molecule has 0 amide bonds. The fourth-order valence-electron chi connectivity index (χ4n) is 2.00. The number of aliphatic imine (C=N–C) groups is 1. The molecule has 0 fully saturated rings. The van der Waals surface area contributed by atoms with Crippen molar-refractivity contribution in [1.29, 1.82) is 0 Å². The number of pyridine rings is 1. The van der Waals surface area contributed by atoms with Gasteiger partial charge in [0.15, 0.2) is 0 Å². The number of H-pyrrole nitrogens is 1. The Morgan fingerprint density at radius 3 is 2.80 bits per heavy atom. The first-order valence-electron chi connectivity index (χ1n) is 6.24. The van der Waals surface area contributed by atoms with Crippen molar-refractivity contribution in [3.8, 4) is 0 Å². The van der Waals surface area contributed by atoms with Crippen LogP contribution in [0.5, 0.6) is 0 Å². The number of nitrogens with zero attached hydrogens (tertiary/aromatic N) is 2. The quantitative estimate of drug-likeness (QED) is 0.661. The van der Waals surface area contributed by atoms with Crippen molar-refractivity contribution >= 4 is 24.4 Å². The van der Waals surface area contributed by atoms with E-state index in [1.54, 1.807) is 12.1 Å². The van der Waals surface area contributed by atoms with Crippen LogP contribution in [0.4, 0.5) is 16.0 Å². The Kier molecular flexibility index (Phi) is 3.98. The van der Waals surface area contributed by atoms with Crippen LogP contribution in [0.1, 0.15) is 30.5 Å². The van der Waals surface area contributed by atoms with Gasteiger partial charge >= 0.3 is 0 Å². The van der Waals surface area contributed by atoms with E-state index in [0.29, 0.717) is 17.8 Å². The van der Waals surface area contributed by atoms with E-state index in [4.69, 9.17) is 5.73 Å². The van der Waals surface area contributed by atoms with E-state index in [9.17, 15) is 4.39 Å². The number of anilines is 1. The average Bonchev–Trinajstić information content (AvgIpc) is 2.74. The highest BCUT2D eigenvalue weighted by molar-refractivity contribution is 5.68. The Balaban J connectivity index is 2.41. The molecule has 4 nitrogen and oxygen atoms in total. The van der Waals surface area contributed by atoms with Crippen LogP contribution in [0.15, 0.2) is 28.9 Å². The van der Waals surface area contributed by atoms with Gasteiger partial charge in [-0.15, -0.1) is 0 Å². The number of rotatable bonds is 4. The second-order valence-corrected chi connectivity index (χ2v) is 4.82. The minimum Gasteiger partial charge on any atom is -0.384 e. The van der Waals surface area contributed by atoms with Crippen molar-refractivity contribution in [1.82, 2.24) is 9.97 Å². The highest BCUT2D eigenvalue weighted by Crippen LogP contribution is 2.27. The summed E-state index contributed by atoms with van der Waals surface area (Å²) in [4.78, 5) is 10.6. The molecule has 0 saturated heterocycles. The predicted molar refractivity (Wildman–Crippen MR) is 80.7 cm³/mol. The highest BCUT2D eigenvalue weighted by Gasteiger charge is 2.12. The number of hydrogen-bond donors (Lipinski definition) is 2. The Morgan fingerprint density at radius 1 is 1.45 bits per heavy atom. The number of halogens is 1. The van der Waals surface area contributed by atoms with Crippen molar-refractivity contribution in [2.75, 3.05) is 5.73 Å². The van der Waals surface area contributed by atoms with Gasteiger partial charge in [-0.25, -0.2) is 9.98 Å². The van der Waals surface area contributed by atoms with Gasteiger partial charge in [0, 0.05) is 23.7 Å². The van der Waals surface area contributed by atoms with Gasteiger partial charge in [-0.2, -0.15) is 4.39 Å². The second kappa shape index (κ2) is 5.69. The van der Waals surface area contributed by atoms with Crippen LogP contribution in [0.2, 0.25) is 0 Å². The molecule has 0 spiro atoms. The molecule has 3 N–H and O–H groups in total. The first kappa shape index (κ1) is 14.0. The van der Waals surface area contributed by atoms with E-state index < -0.39 is 5.95 Å². The smallest absolute Gasteiger partial charge is 0.218 e. The third kappa shape index (κ3) is 2.93. The minimum absolute atomic E-state index is 0.179. The molecule has 2 aromatic rings. The largest absolute Gasteiger partial charge is 0.384 e. The molecule has 0 unspecified atom stereocenters. The zero-order valence-electron chi connectivity index (χ0n) is 11.6. The van der Waals surface area contributed by atoms with Gasteiger partial charge in [-0.3, -0.25) is 0 Å². The number of aromatic nitrogens is 2. The van der Waals surface area contributed by atoms with Gasteiger partial charge in [0.05, 0.1) is 0 Å². The normalized spacial score (nSPS) is 10.3. The summed E-state index contributed by atoms with van der Waals surface area (Å²) in [6.45, 7) is 7.53. The lowest BCUT2D eigenvalue weighted by molar-refractivity contribution is 0.572. The molecule has 20 heavy (non-hydrogen) atoms. The monoisotopic (exact) mass is 272 g/mol.